The van der Waals surface area contributed by atoms with E-state index in [-0.39, 0.29) is 0 Å². The molecule has 0 amide bonds. The number of rotatable bonds is 3. The van der Waals surface area contributed by atoms with Gasteiger partial charge in [-0.3, -0.25) is 4.99 Å². The number of hydrogen-bond acceptors (Lipinski definition) is 3. The second kappa shape index (κ2) is 5.53. The minimum atomic E-state index is 0.353. The number of nitrogens with zero attached hydrogens (tertiary/aromatic N) is 2. The summed E-state index contributed by atoms with van der Waals surface area (Å²) in [7, 11) is 4.41. The smallest absolute Gasteiger partial charge is 0.157 e. The maximum absolute atomic E-state index is 4.93. The van der Waals surface area contributed by atoms with Crippen molar-refractivity contribution in [3.63, 3.8) is 0 Å². The molecule has 2 saturated carbocycles. The molecule has 3 aliphatic rings. The molecule has 114 valence electrons. The van der Waals surface area contributed by atoms with E-state index in [0.29, 0.717) is 11.1 Å². The van der Waals surface area contributed by atoms with Crippen LogP contribution in [0.3, 0.4) is 0 Å². The van der Waals surface area contributed by atoms with E-state index in [2.05, 4.69) is 31.2 Å². The molecular formula is C16H29N3S. The van der Waals surface area contributed by atoms with Crippen LogP contribution >= 0.6 is 11.8 Å². The third kappa shape index (κ3) is 2.74. The monoisotopic (exact) mass is 295 g/mol. The van der Waals surface area contributed by atoms with E-state index < -0.39 is 0 Å². The summed E-state index contributed by atoms with van der Waals surface area (Å²) in [4.78, 5) is 7.32. The topological polar surface area (TPSA) is 27.6 Å². The maximum Gasteiger partial charge on any atom is 0.157 e. The number of likely N-dealkylation sites (N-methyl/N-ethyl adjacent to an activating group) is 1. The fraction of sp³-hybridized carbons (Fsp3) is 0.938. The molecule has 0 aromatic carbocycles. The molecule has 1 heterocycles. The van der Waals surface area contributed by atoms with E-state index in [9.17, 15) is 0 Å². The molecule has 3 nitrogen and oxygen atoms in total. The summed E-state index contributed by atoms with van der Waals surface area (Å²) in [6.07, 6.45) is 9.41. The Morgan fingerprint density at radius 2 is 1.95 bits per heavy atom. The Labute approximate surface area is 128 Å². The Morgan fingerprint density at radius 3 is 2.50 bits per heavy atom. The Hall–Kier alpha value is -0.220. The van der Waals surface area contributed by atoms with Crippen LogP contribution in [0.2, 0.25) is 0 Å². The molecule has 0 radical (unpaired) electrons. The molecule has 3 rings (SSSR count). The lowest BCUT2D eigenvalue weighted by Crippen LogP contribution is -2.53. The standard InChI is InChI=1S/C16H29N3S/c1-13-5-9-15(10-6-13)12-20-14(18-15)17-11-16(19(2)3)7-4-8-16/h13H,4-12H2,1-3H3,(H,17,18). The molecule has 1 spiro atoms. The Balaban J connectivity index is 1.58. The predicted octanol–water partition coefficient (Wildman–Crippen LogP) is 3.11. The van der Waals surface area contributed by atoms with Crippen LogP contribution in [-0.2, 0) is 0 Å². The van der Waals surface area contributed by atoms with Gasteiger partial charge in [0.05, 0.1) is 6.54 Å². The average Bonchev–Trinajstić information content (AvgIpc) is 2.75. The lowest BCUT2D eigenvalue weighted by molar-refractivity contribution is 0.0700. The average molecular weight is 295 g/mol. The van der Waals surface area contributed by atoms with E-state index >= 15 is 0 Å². The van der Waals surface area contributed by atoms with Crippen molar-refractivity contribution in [2.24, 2.45) is 10.9 Å². The molecule has 1 aliphatic heterocycles. The molecule has 0 unspecified atom stereocenters. The molecule has 1 saturated heterocycles. The quantitative estimate of drug-likeness (QED) is 0.867. The second-order valence-electron chi connectivity index (χ2n) is 7.47. The molecule has 1 N–H and O–H groups in total. The first-order chi connectivity index (χ1) is 9.54. The fourth-order valence-electron chi connectivity index (χ4n) is 3.73. The Bertz CT molecular complexity index is 379. The van der Waals surface area contributed by atoms with Gasteiger partial charge in [0.2, 0.25) is 0 Å². The molecule has 0 atom stereocenters. The first-order valence-electron chi connectivity index (χ1n) is 8.17. The van der Waals surface area contributed by atoms with E-state index in [1.807, 2.05) is 11.8 Å². The van der Waals surface area contributed by atoms with Crippen molar-refractivity contribution in [1.29, 1.82) is 0 Å². The van der Waals surface area contributed by atoms with Crippen LogP contribution in [0, 0.1) is 5.92 Å². The normalized spacial score (nSPS) is 38.2. The minimum Gasteiger partial charge on any atom is -0.359 e. The van der Waals surface area contributed by atoms with Gasteiger partial charge in [-0.2, -0.15) is 0 Å². The Morgan fingerprint density at radius 1 is 1.25 bits per heavy atom. The highest BCUT2D eigenvalue weighted by Crippen LogP contribution is 2.39. The molecule has 0 aromatic heterocycles. The summed E-state index contributed by atoms with van der Waals surface area (Å²) in [5.74, 6) is 2.15. The lowest BCUT2D eigenvalue weighted by atomic mass is 9.76. The van der Waals surface area contributed by atoms with Gasteiger partial charge >= 0.3 is 0 Å². The Kier molecular flexibility index (Phi) is 4.06. The molecular weight excluding hydrogens is 266 g/mol. The maximum atomic E-state index is 4.93. The lowest BCUT2D eigenvalue weighted by Gasteiger charge is -2.46. The van der Waals surface area contributed by atoms with Gasteiger partial charge in [0, 0.05) is 16.8 Å². The molecule has 2 aliphatic carbocycles. The first kappa shape index (κ1) is 14.7. The zero-order valence-corrected chi connectivity index (χ0v) is 14.1. The third-order valence-corrected chi connectivity index (χ3v) is 7.04. The van der Waals surface area contributed by atoms with Crippen LogP contribution in [-0.4, -0.2) is 47.5 Å². The van der Waals surface area contributed by atoms with Gasteiger partial charge < -0.3 is 10.2 Å². The van der Waals surface area contributed by atoms with Crippen molar-refractivity contribution in [2.45, 2.75) is 62.9 Å². The summed E-state index contributed by atoms with van der Waals surface area (Å²) in [5, 5.41) is 5.00. The summed E-state index contributed by atoms with van der Waals surface area (Å²) in [6, 6.07) is 0. The molecule has 3 fully saturated rings. The van der Waals surface area contributed by atoms with Crippen LogP contribution in [0.25, 0.3) is 0 Å². The van der Waals surface area contributed by atoms with E-state index in [0.717, 1.165) is 12.5 Å². The van der Waals surface area contributed by atoms with Crippen molar-refractivity contribution in [3.05, 3.63) is 0 Å². The van der Waals surface area contributed by atoms with Crippen LogP contribution < -0.4 is 5.32 Å². The van der Waals surface area contributed by atoms with Crippen molar-refractivity contribution >= 4 is 16.9 Å². The molecule has 0 bridgehead atoms. The summed E-state index contributed by atoms with van der Waals surface area (Å²) in [5.41, 5.74) is 0.729. The molecule has 0 aromatic rings. The summed E-state index contributed by atoms with van der Waals surface area (Å²) < 4.78 is 0. The first-order valence-corrected chi connectivity index (χ1v) is 9.15. The van der Waals surface area contributed by atoms with Gasteiger partial charge in [0.15, 0.2) is 5.17 Å². The van der Waals surface area contributed by atoms with E-state index in [1.165, 1.54) is 55.9 Å². The van der Waals surface area contributed by atoms with E-state index in [4.69, 9.17) is 4.99 Å². The van der Waals surface area contributed by atoms with Gasteiger partial charge in [0.25, 0.3) is 0 Å². The van der Waals surface area contributed by atoms with Crippen molar-refractivity contribution in [3.8, 4) is 0 Å². The molecule has 4 heteroatoms. The van der Waals surface area contributed by atoms with Gasteiger partial charge in [-0.25, -0.2) is 0 Å². The predicted molar refractivity (Wildman–Crippen MR) is 88.5 cm³/mol. The van der Waals surface area contributed by atoms with Crippen molar-refractivity contribution < 1.29 is 0 Å². The number of thioether (sulfide) groups is 1. The van der Waals surface area contributed by atoms with Gasteiger partial charge in [-0.1, -0.05) is 18.7 Å². The van der Waals surface area contributed by atoms with Crippen LogP contribution in [0.5, 0.6) is 0 Å². The molecule has 20 heavy (non-hydrogen) atoms. The summed E-state index contributed by atoms with van der Waals surface area (Å²) in [6.45, 7) is 3.36. The largest absolute Gasteiger partial charge is 0.359 e. The number of nitrogens with one attached hydrogen (secondary N) is 1. The number of amidine groups is 1. The highest BCUT2D eigenvalue weighted by atomic mass is 32.2. The van der Waals surface area contributed by atoms with E-state index in [1.54, 1.807) is 0 Å². The van der Waals surface area contributed by atoms with Crippen molar-refractivity contribution in [1.82, 2.24) is 10.2 Å². The van der Waals surface area contributed by atoms with Gasteiger partial charge in [-0.05, 0) is 65.0 Å². The zero-order valence-electron chi connectivity index (χ0n) is 13.2. The zero-order chi connectivity index (χ0) is 14.2. The van der Waals surface area contributed by atoms with Gasteiger partial charge in [0.1, 0.15) is 0 Å². The SMILES string of the molecule is CC1CCC2(CC1)CSC(=NCC1(N(C)C)CCC1)N2. The van der Waals surface area contributed by atoms with Crippen molar-refractivity contribution in [2.75, 3.05) is 26.4 Å². The van der Waals surface area contributed by atoms with Crippen LogP contribution in [0.15, 0.2) is 4.99 Å². The second-order valence-corrected chi connectivity index (χ2v) is 8.43. The number of aliphatic imine (C=N–C) groups is 1. The van der Waals surface area contributed by atoms with Crippen LogP contribution in [0.1, 0.15) is 51.9 Å². The number of hydrogen-bond donors (Lipinski definition) is 1. The summed E-state index contributed by atoms with van der Waals surface area (Å²) >= 11 is 1.96. The van der Waals surface area contributed by atoms with Crippen LogP contribution in [0.4, 0.5) is 0 Å². The highest BCUT2D eigenvalue weighted by Gasteiger charge is 2.41. The van der Waals surface area contributed by atoms with Gasteiger partial charge in [-0.15, -0.1) is 0 Å². The highest BCUT2D eigenvalue weighted by molar-refractivity contribution is 8.14. The third-order valence-electron chi connectivity index (χ3n) is 5.84. The fourth-order valence-corrected chi connectivity index (χ4v) is 4.94. The minimum absolute atomic E-state index is 0.353.